The van der Waals surface area contributed by atoms with Gasteiger partial charge in [-0.15, -0.1) is 0 Å². The summed E-state index contributed by atoms with van der Waals surface area (Å²) in [6, 6.07) is 12.3. The molecule has 0 saturated carbocycles. The average Bonchev–Trinajstić information content (AvgIpc) is 2.66. The van der Waals surface area contributed by atoms with Crippen molar-refractivity contribution in [1.29, 1.82) is 0 Å². The molecule has 1 fully saturated rings. The van der Waals surface area contributed by atoms with Crippen molar-refractivity contribution < 1.29 is 13.2 Å². The monoisotopic (exact) mass is 406 g/mol. The van der Waals surface area contributed by atoms with E-state index in [1.54, 1.807) is 12.1 Å². The first-order valence-electron chi connectivity index (χ1n) is 8.91. The maximum atomic E-state index is 13.0. The summed E-state index contributed by atoms with van der Waals surface area (Å²) >= 11 is 6.09. The van der Waals surface area contributed by atoms with Crippen LogP contribution in [0.1, 0.15) is 24.0 Å². The molecule has 144 valence electrons. The fourth-order valence-electron chi connectivity index (χ4n) is 3.14. The standard InChI is InChI=1S/C20H23ClN2O3S/c1-14-5-8-17(9-6-14)22-20(24)16-4-3-11-23(13-16)27(25,26)18-10-7-15(2)19(21)12-18/h5-10,12,16H,3-4,11,13H2,1-2H3,(H,22,24)/t16-/m0/s1. The van der Waals surface area contributed by atoms with Gasteiger partial charge < -0.3 is 5.32 Å². The zero-order valence-corrected chi connectivity index (χ0v) is 17.0. The first-order chi connectivity index (χ1) is 12.8. The van der Waals surface area contributed by atoms with Crippen LogP contribution >= 0.6 is 11.6 Å². The van der Waals surface area contributed by atoms with Crippen molar-refractivity contribution in [3.63, 3.8) is 0 Å². The van der Waals surface area contributed by atoms with Crippen molar-refractivity contribution in [2.45, 2.75) is 31.6 Å². The zero-order valence-electron chi connectivity index (χ0n) is 15.4. The van der Waals surface area contributed by atoms with Gasteiger partial charge in [-0.3, -0.25) is 4.79 Å². The molecule has 2 aromatic rings. The molecular weight excluding hydrogens is 384 g/mol. The highest BCUT2D eigenvalue weighted by Crippen LogP contribution is 2.27. The molecule has 5 nitrogen and oxygen atoms in total. The van der Waals surface area contributed by atoms with Crippen molar-refractivity contribution in [1.82, 2.24) is 4.31 Å². The third-order valence-corrected chi connectivity index (χ3v) is 7.12. The Hall–Kier alpha value is -1.89. The molecule has 1 saturated heterocycles. The molecule has 0 spiro atoms. The molecule has 27 heavy (non-hydrogen) atoms. The zero-order chi connectivity index (χ0) is 19.6. The first kappa shape index (κ1) is 19.9. The quantitative estimate of drug-likeness (QED) is 0.834. The molecule has 0 aromatic heterocycles. The highest BCUT2D eigenvalue weighted by Gasteiger charge is 2.33. The van der Waals surface area contributed by atoms with Gasteiger partial charge in [0, 0.05) is 23.8 Å². The van der Waals surface area contributed by atoms with Gasteiger partial charge in [-0.05, 0) is 56.5 Å². The van der Waals surface area contributed by atoms with Crippen LogP contribution < -0.4 is 5.32 Å². The van der Waals surface area contributed by atoms with Gasteiger partial charge in [-0.2, -0.15) is 4.31 Å². The third kappa shape index (κ3) is 4.51. The topological polar surface area (TPSA) is 66.5 Å². The lowest BCUT2D eigenvalue weighted by molar-refractivity contribution is -0.120. The SMILES string of the molecule is Cc1ccc(NC(=O)[C@H]2CCCN(S(=O)(=O)c3ccc(C)c(Cl)c3)C2)cc1. The summed E-state index contributed by atoms with van der Waals surface area (Å²) in [5.41, 5.74) is 2.65. The molecule has 7 heteroatoms. The Balaban J connectivity index is 1.73. The lowest BCUT2D eigenvalue weighted by Crippen LogP contribution is -2.43. The fourth-order valence-corrected chi connectivity index (χ4v) is 4.93. The number of halogens is 1. The minimum Gasteiger partial charge on any atom is -0.326 e. The second kappa shape index (κ2) is 8.00. The Morgan fingerprint density at radius 1 is 1.15 bits per heavy atom. The summed E-state index contributed by atoms with van der Waals surface area (Å²) in [7, 11) is -3.68. The van der Waals surface area contributed by atoms with Crippen LogP contribution in [0.4, 0.5) is 5.69 Å². The van der Waals surface area contributed by atoms with Crippen molar-refractivity contribution in [2.75, 3.05) is 18.4 Å². The fraction of sp³-hybridized carbons (Fsp3) is 0.350. The van der Waals surface area contributed by atoms with E-state index in [0.717, 1.165) is 16.8 Å². The molecule has 1 heterocycles. The van der Waals surface area contributed by atoms with Gasteiger partial charge in [0.1, 0.15) is 0 Å². The van der Waals surface area contributed by atoms with Crippen LogP contribution in [-0.4, -0.2) is 31.7 Å². The highest BCUT2D eigenvalue weighted by molar-refractivity contribution is 7.89. The predicted molar refractivity (Wildman–Crippen MR) is 107 cm³/mol. The van der Waals surface area contributed by atoms with Gasteiger partial charge in [0.05, 0.1) is 10.8 Å². The molecule has 0 unspecified atom stereocenters. The average molecular weight is 407 g/mol. The number of amides is 1. The Labute approximate surface area is 165 Å². The molecule has 1 aliphatic heterocycles. The molecule has 0 bridgehead atoms. The number of benzene rings is 2. The summed E-state index contributed by atoms with van der Waals surface area (Å²) in [6.45, 7) is 4.38. The van der Waals surface area contributed by atoms with E-state index in [0.29, 0.717) is 24.4 Å². The van der Waals surface area contributed by atoms with Crippen LogP contribution in [0, 0.1) is 19.8 Å². The largest absolute Gasteiger partial charge is 0.326 e. The summed E-state index contributed by atoms with van der Waals surface area (Å²) in [4.78, 5) is 12.8. The summed E-state index contributed by atoms with van der Waals surface area (Å²) in [5, 5.41) is 3.30. The maximum Gasteiger partial charge on any atom is 0.243 e. The molecule has 1 amide bonds. The van der Waals surface area contributed by atoms with Gasteiger partial charge >= 0.3 is 0 Å². The van der Waals surface area contributed by atoms with E-state index in [4.69, 9.17) is 11.6 Å². The van der Waals surface area contributed by atoms with Crippen molar-refractivity contribution in [3.05, 3.63) is 58.6 Å². The minimum absolute atomic E-state index is 0.152. The molecule has 1 atom stereocenters. The van der Waals surface area contributed by atoms with E-state index in [1.807, 2.05) is 38.1 Å². The smallest absolute Gasteiger partial charge is 0.243 e. The van der Waals surface area contributed by atoms with E-state index < -0.39 is 10.0 Å². The van der Waals surface area contributed by atoms with Crippen LogP contribution in [0.5, 0.6) is 0 Å². The lowest BCUT2D eigenvalue weighted by Gasteiger charge is -2.31. The van der Waals surface area contributed by atoms with Gasteiger partial charge in [-0.25, -0.2) is 8.42 Å². The lowest BCUT2D eigenvalue weighted by atomic mass is 9.98. The number of rotatable bonds is 4. The Morgan fingerprint density at radius 2 is 1.85 bits per heavy atom. The highest BCUT2D eigenvalue weighted by atomic mass is 35.5. The van der Waals surface area contributed by atoms with Crippen LogP contribution in [-0.2, 0) is 14.8 Å². The molecule has 1 aliphatic rings. The number of carbonyl (C=O) groups is 1. The number of hydrogen-bond acceptors (Lipinski definition) is 3. The molecule has 1 N–H and O–H groups in total. The van der Waals surface area contributed by atoms with Crippen LogP contribution in [0.3, 0.4) is 0 Å². The molecule has 3 rings (SSSR count). The molecule has 0 radical (unpaired) electrons. The number of hydrogen-bond donors (Lipinski definition) is 1. The second-order valence-electron chi connectivity index (χ2n) is 6.97. The summed E-state index contributed by atoms with van der Waals surface area (Å²) < 4.78 is 27.3. The summed E-state index contributed by atoms with van der Waals surface area (Å²) in [5.74, 6) is -0.531. The number of carbonyl (C=O) groups excluding carboxylic acids is 1. The van der Waals surface area contributed by atoms with Crippen LogP contribution in [0.15, 0.2) is 47.4 Å². The Kier molecular flexibility index (Phi) is 5.89. The van der Waals surface area contributed by atoms with Gasteiger partial charge in [0.2, 0.25) is 15.9 Å². The van der Waals surface area contributed by atoms with E-state index >= 15 is 0 Å². The van der Waals surface area contributed by atoms with Crippen LogP contribution in [0.25, 0.3) is 0 Å². The minimum atomic E-state index is -3.68. The normalized spacial score (nSPS) is 18.3. The Bertz CT molecular complexity index is 942. The molecule has 2 aromatic carbocycles. The van der Waals surface area contributed by atoms with Crippen molar-refractivity contribution in [3.8, 4) is 0 Å². The van der Waals surface area contributed by atoms with Gasteiger partial charge in [-0.1, -0.05) is 35.4 Å². The number of sulfonamides is 1. The van der Waals surface area contributed by atoms with Crippen molar-refractivity contribution in [2.24, 2.45) is 5.92 Å². The molecule has 0 aliphatic carbocycles. The number of anilines is 1. The predicted octanol–water partition coefficient (Wildman–Crippen LogP) is 4.00. The van der Waals surface area contributed by atoms with Crippen LogP contribution in [0.2, 0.25) is 5.02 Å². The van der Waals surface area contributed by atoms with E-state index in [9.17, 15) is 13.2 Å². The van der Waals surface area contributed by atoms with E-state index in [-0.39, 0.29) is 23.3 Å². The summed E-state index contributed by atoms with van der Waals surface area (Å²) in [6.07, 6.45) is 1.31. The first-order valence-corrected chi connectivity index (χ1v) is 10.7. The Morgan fingerprint density at radius 3 is 2.52 bits per heavy atom. The molecular formula is C20H23ClN2O3S. The second-order valence-corrected chi connectivity index (χ2v) is 9.31. The number of nitrogens with zero attached hydrogens (tertiary/aromatic N) is 1. The number of aryl methyl sites for hydroxylation is 2. The van der Waals surface area contributed by atoms with E-state index in [1.165, 1.54) is 10.4 Å². The number of piperidine rings is 1. The van der Waals surface area contributed by atoms with E-state index in [2.05, 4.69) is 5.32 Å². The van der Waals surface area contributed by atoms with Crippen molar-refractivity contribution >= 4 is 33.2 Å². The third-order valence-electron chi connectivity index (χ3n) is 4.86. The number of nitrogens with one attached hydrogen (secondary N) is 1. The maximum absolute atomic E-state index is 13.0. The van der Waals surface area contributed by atoms with Gasteiger partial charge in [0.25, 0.3) is 0 Å². The van der Waals surface area contributed by atoms with Gasteiger partial charge in [0.15, 0.2) is 0 Å².